The smallest absolute Gasteiger partial charge is 0.313 e. The average molecular weight is 358 g/mol. The minimum absolute atomic E-state index is 0.133. The molecular formula is C20H30N4O2. The minimum atomic E-state index is -0.542. The Labute approximate surface area is 156 Å². The number of hydrogen-bond donors (Lipinski definition) is 1. The first-order valence-corrected chi connectivity index (χ1v) is 9.37. The molecule has 1 N–H and O–H groups in total. The van der Waals surface area contributed by atoms with Crippen molar-refractivity contribution in [1.82, 2.24) is 14.7 Å². The maximum absolute atomic E-state index is 12.6. The van der Waals surface area contributed by atoms with Crippen LogP contribution in [0.15, 0.2) is 18.2 Å². The Bertz CT molecular complexity index is 675. The Kier molecular flexibility index (Phi) is 5.34. The first kappa shape index (κ1) is 18.9. The second kappa shape index (κ2) is 7.37. The van der Waals surface area contributed by atoms with Crippen molar-refractivity contribution in [3.05, 3.63) is 29.3 Å². The molecule has 2 amide bonds. The van der Waals surface area contributed by atoms with E-state index in [1.165, 1.54) is 0 Å². The highest BCUT2D eigenvalue weighted by Gasteiger charge is 2.42. The second-order valence-electron chi connectivity index (χ2n) is 8.01. The van der Waals surface area contributed by atoms with Crippen LogP contribution in [-0.2, 0) is 9.59 Å². The van der Waals surface area contributed by atoms with Gasteiger partial charge in [-0.25, -0.2) is 0 Å². The molecular weight excluding hydrogens is 328 g/mol. The van der Waals surface area contributed by atoms with Gasteiger partial charge in [0.1, 0.15) is 0 Å². The van der Waals surface area contributed by atoms with Crippen LogP contribution in [0.4, 0.5) is 5.69 Å². The number of amides is 2. The lowest BCUT2D eigenvalue weighted by molar-refractivity contribution is -0.145. The Morgan fingerprint density at radius 2 is 1.58 bits per heavy atom. The van der Waals surface area contributed by atoms with Crippen molar-refractivity contribution < 1.29 is 9.59 Å². The quantitative estimate of drug-likeness (QED) is 0.773. The van der Waals surface area contributed by atoms with Crippen LogP contribution in [0.1, 0.15) is 24.0 Å². The molecule has 2 saturated heterocycles. The number of nitrogens with zero attached hydrogens (tertiary/aromatic N) is 3. The van der Waals surface area contributed by atoms with Crippen LogP contribution in [0.25, 0.3) is 0 Å². The van der Waals surface area contributed by atoms with Gasteiger partial charge >= 0.3 is 11.8 Å². The van der Waals surface area contributed by atoms with E-state index < -0.39 is 11.8 Å². The van der Waals surface area contributed by atoms with Gasteiger partial charge in [0.2, 0.25) is 0 Å². The molecule has 1 spiro atoms. The van der Waals surface area contributed by atoms with E-state index >= 15 is 0 Å². The van der Waals surface area contributed by atoms with Crippen molar-refractivity contribution in [1.29, 1.82) is 0 Å². The molecule has 2 heterocycles. The molecule has 0 radical (unpaired) electrons. The number of piperidine rings is 1. The van der Waals surface area contributed by atoms with Crippen molar-refractivity contribution in [2.24, 2.45) is 0 Å². The Morgan fingerprint density at radius 3 is 2.19 bits per heavy atom. The number of benzene rings is 1. The van der Waals surface area contributed by atoms with E-state index in [9.17, 15) is 9.59 Å². The van der Waals surface area contributed by atoms with Crippen LogP contribution >= 0.6 is 0 Å². The summed E-state index contributed by atoms with van der Waals surface area (Å²) in [4.78, 5) is 31.5. The number of hydrogen-bond acceptors (Lipinski definition) is 4. The second-order valence-corrected chi connectivity index (χ2v) is 8.01. The average Bonchev–Trinajstić information content (AvgIpc) is 2.57. The van der Waals surface area contributed by atoms with E-state index in [0.717, 1.165) is 43.6 Å². The maximum Gasteiger partial charge on any atom is 0.313 e. The number of aryl methyl sites for hydroxylation is 2. The van der Waals surface area contributed by atoms with Gasteiger partial charge in [-0.2, -0.15) is 0 Å². The summed E-state index contributed by atoms with van der Waals surface area (Å²) in [6.07, 6.45) is 1.83. The van der Waals surface area contributed by atoms with Crippen LogP contribution in [-0.4, -0.2) is 78.9 Å². The summed E-state index contributed by atoms with van der Waals surface area (Å²) in [5.41, 5.74) is 2.95. The number of anilines is 1. The molecule has 3 rings (SSSR count). The predicted octanol–water partition coefficient (Wildman–Crippen LogP) is 1.48. The summed E-state index contributed by atoms with van der Waals surface area (Å²) >= 11 is 0. The highest BCUT2D eigenvalue weighted by atomic mass is 16.2. The van der Waals surface area contributed by atoms with Crippen LogP contribution in [0, 0.1) is 13.8 Å². The molecule has 2 aliphatic rings. The third kappa shape index (κ3) is 3.91. The van der Waals surface area contributed by atoms with Gasteiger partial charge in [-0.05, 0) is 64.0 Å². The summed E-state index contributed by atoms with van der Waals surface area (Å²) < 4.78 is 0. The zero-order valence-corrected chi connectivity index (χ0v) is 16.3. The van der Waals surface area contributed by atoms with E-state index in [1.807, 2.05) is 32.0 Å². The van der Waals surface area contributed by atoms with Crippen LogP contribution in [0.2, 0.25) is 0 Å². The summed E-state index contributed by atoms with van der Waals surface area (Å²) in [5, 5.41) is 2.76. The maximum atomic E-state index is 12.6. The topological polar surface area (TPSA) is 55.9 Å². The molecule has 1 aromatic carbocycles. The largest absolute Gasteiger partial charge is 0.334 e. The SMILES string of the molecule is Cc1cc(C)cc(NC(=O)C(=O)N2CCC3(CC2)CN(C)CCN3C)c1. The lowest BCUT2D eigenvalue weighted by Gasteiger charge is -2.52. The molecule has 26 heavy (non-hydrogen) atoms. The van der Waals surface area contributed by atoms with Gasteiger partial charge in [0.15, 0.2) is 0 Å². The van der Waals surface area contributed by atoms with E-state index in [-0.39, 0.29) is 5.54 Å². The summed E-state index contributed by atoms with van der Waals surface area (Å²) in [6, 6.07) is 5.81. The van der Waals surface area contributed by atoms with Crippen molar-refractivity contribution >= 4 is 17.5 Å². The van der Waals surface area contributed by atoms with Gasteiger partial charge in [0, 0.05) is 44.0 Å². The molecule has 1 aromatic rings. The third-order valence-electron chi connectivity index (χ3n) is 5.85. The molecule has 6 heteroatoms. The van der Waals surface area contributed by atoms with Gasteiger partial charge in [-0.3, -0.25) is 14.5 Å². The number of likely N-dealkylation sites (tertiary alicyclic amines) is 1. The lowest BCUT2D eigenvalue weighted by atomic mass is 9.84. The highest BCUT2D eigenvalue weighted by Crippen LogP contribution is 2.31. The summed E-state index contributed by atoms with van der Waals surface area (Å²) in [7, 11) is 4.33. The van der Waals surface area contributed by atoms with E-state index in [2.05, 4.69) is 29.2 Å². The standard InChI is InChI=1S/C20H30N4O2/c1-15-11-16(2)13-17(12-15)21-18(25)19(26)24-7-5-20(6-8-24)14-22(3)9-10-23(20)4/h11-13H,5-10,14H2,1-4H3,(H,21,25). The van der Waals surface area contributed by atoms with Gasteiger partial charge in [0.25, 0.3) is 0 Å². The van der Waals surface area contributed by atoms with E-state index in [1.54, 1.807) is 4.90 Å². The Morgan fingerprint density at radius 1 is 0.962 bits per heavy atom. The molecule has 0 unspecified atom stereocenters. The van der Waals surface area contributed by atoms with E-state index in [4.69, 9.17) is 0 Å². The molecule has 2 aliphatic heterocycles. The number of carbonyl (C=O) groups excluding carboxylic acids is 2. The fourth-order valence-electron chi connectivity index (χ4n) is 4.30. The molecule has 0 bridgehead atoms. The number of carbonyl (C=O) groups is 2. The fraction of sp³-hybridized carbons (Fsp3) is 0.600. The van der Waals surface area contributed by atoms with Crippen LogP contribution in [0.3, 0.4) is 0 Å². The molecule has 2 fully saturated rings. The molecule has 142 valence electrons. The molecule has 0 aliphatic carbocycles. The lowest BCUT2D eigenvalue weighted by Crippen LogP contribution is -2.64. The van der Waals surface area contributed by atoms with Crippen molar-refractivity contribution in [3.63, 3.8) is 0 Å². The fourth-order valence-corrected chi connectivity index (χ4v) is 4.30. The third-order valence-corrected chi connectivity index (χ3v) is 5.85. The molecule has 0 saturated carbocycles. The predicted molar refractivity (Wildman–Crippen MR) is 103 cm³/mol. The first-order valence-electron chi connectivity index (χ1n) is 9.37. The Hall–Kier alpha value is -1.92. The minimum Gasteiger partial charge on any atom is -0.334 e. The number of nitrogens with one attached hydrogen (secondary N) is 1. The van der Waals surface area contributed by atoms with Gasteiger partial charge in [-0.15, -0.1) is 0 Å². The highest BCUT2D eigenvalue weighted by molar-refractivity contribution is 6.39. The summed E-state index contributed by atoms with van der Waals surface area (Å²) in [6.45, 7) is 8.39. The number of rotatable bonds is 1. The van der Waals surface area contributed by atoms with Crippen LogP contribution in [0.5, 0.6) is 0 Å². The normalized spacial score (nSPS) is 21.0. The monoisotopic (exact) mass is 358 g/mol. The van der Waals surface area contributed by atoms with Gasteiger partial charge in [0.05, 0.1) is 0 Å². The van der Waals surface area contributed by atoms with Crippen LogP contribution < -0.4 is 5.32 Å². The zero-order valence-electron chi connectivity index (χ0n) is 16.3. The van der Waals surface area contributed by atoms with Crippen molar-refractivity contribution in [2.75, 3.05) is 52.1 Å². The number of piperazine rings is 1. The first-order chi connectivity index (χ1) is 12.3. The molecule has 6 nitrogen and oxygen atoms in total. The summed E-state index contributed by atoms with van der Waals surface area (Å²) in [5.74, 6) is -0.967. The molecule has 0 atom stereocenters. The van der Waals surface area contributed by atoms with E-state index in [0.29, 0.717) is 18.8 Å². The van der Waals surface area contributed by atoms with Gasteiger partial charge < -0.3 is 15.1 Å². The van der Waals surface area contributed by atoms with Crippen molar-refractivity contribution in [3.8, 4) is 0 Å². The Balaban J connectivity index is 1.60. The zero-order chi connectivity index (χ0) is 18.9. The van der Waals surface area contributed by atoms with Crippen molar-refractivity contribution in [2.45, 2.75) is 32.2 Å². The molecule has 0 aromatic heterocycles. The number of likely N-dealkylation sites (N-methyl/N-ethyl adjacent to an activating group) is 2. The van der Waals surface area contributed by atoms with Gasteiger partial charge in [-0.1, -0.05) is 6.07 Å².